The lowest BCUT2D eigenvalue weighted by atomic mass is 10.1. The first-order valence-corrected chi connectivity index (χ1v) is 6.28. The molecule has 0 spiro atoms. The van der Waals surface area contributed by atoms with Crippen molar-refractivity contribution < 1.29 is 9.59 Å². The maximum absolute atomic E-state index is 12.2. The second-order valence-electron chi connectivity index (χ2n) is 5.10. The molecular weight excluding hydrogens is 226 g/mol. The Hall–Kier alpha value is -1.64. The number of nitrogens with zero attached hydrogens (tertiary/aromatic N) is 1. The molecule has 3 heteroatoms. The Balaban J connectivity index is 2.96. The zero-order valence-corrected chi connectivity index (χ0v) is 11.7. The zero-order chi connectivity index (χ0) is 13.9. The van der Waals surface area contributed by atoms with Crippen LogP contribution in [0.15, 0.2) is 24.3 Å². The van der Waals surface area contributed by atoms with Crippen LogP contribution in [-0.4, -0.2) is 28.7 Å². The second-order valence-corrected chi connectivity index (χ2v) is 5.10. The van der Waals surface area contributed by atoms with Gasteiger partial charge >= 0.3 is 0 Å². The lowest BCUT2D eigenvalue weighted by Crippen LogP contribution is -2.45. The number of rotatable bonds is 4. The third-order valence-electron chi connectivity index (χ3n) is 2.86. The van der Waals surface area contributed by atoms with Crippen LogP contribution >= 0.6 is 0 Å². The summed E-state index contributed by atoms with van der Waals surface area (Å²) in [4.78, 5) is 25.9. The Labute approximate surface area is 109 Å². The fraction of sp³-hybridized carbons (Fsp3) is 0.467. The van der Waals surface area contributed by atoms with Gasteiger partial charge in [0.15, 0.2) is 0 Å². The topological polar surface area (TPSA) is 37.4 Å². The van der Waals surface area contributed by atoms with E-state index in [-0.39, 0.29) is 12.1 Å². The molecule has 0 heterocycles. The van der Waals surface area contributed by atoms with Gasteiger partial charge in [-0.1, -0.05) is 29.8 Å². The van der Waals surface area contributed by atoms with E-state index in [2.05, 4.69) is 0 Å². The quantitative estimate of drug-likeness (QED) is 0.606. The molecule has 18 heavy (non-hydrogen) atoms. The van der Waals surface area contributed by atoms with E-state index in [1.165, 1.54) is 0 Å². The van der Waals surface area contributed by atoms with Crippen molar-refractivity contribution in [2.75, 3.05) is 0 Å². The van der Waals surface area contributed by atoms with Crippen LogP contribution in [0, 0.1) is 6.92 Å². The van der Waals surface area contributed by atoms with Gasteiger partial charge in [-0.05, 0) is 34.6 Å². The molecule has 1 amide bonds. The number of Topliss-reactive ketones (excluding diaryl/α,β-unsaturated/α-hetero) is 1. The molecule has 0 aliphatic carbocycles. The Kier molecular flexibility index (Phi) is 4.65. The molecule has 0 N–H and O–H groups in total. The van der Waals surface area contributed by atoms with Crippen molar-refractivity contribution in [3.63, 3.8) is 0 Å². The number of carbonyl (C=O) groups excluding carboxylic acids is 2. The number of aryl methyl sites for hydroxylation is 1. The van der Waals surface area contributed by atoms with Crippen LogP contribution in [-0.2, 0) is 4.79 Å². The zero-order valence-electron chi connectivity index (χ0n) is 11.7. The highest BCUT2D eigenvalue weighted by Gasteiger charge is 2.26. The van der Waals surface area contributed by atoms with E-state index >= 15 is 0 Å². The molecule has 0 aliphatic heterocycles. The number of amides is 1. The average Bonchev–Trinajstić information content (AvgIpc) is 2.28. The van der Waals surface area contributed by atoms with Gasteiger partial charge in [0.2, 0.25) is 5.78 Å². The molecule has 1 aromatic carbocycles. The van der Waals surface area contributed by atoms with Crippen molar-refractivity contribution in [2.24, 2.45) is 0 Å². The maximum Gasteiger partial charge on any atom is 0.295 e. The molecule has 0 unspecified atom stereocenters. The number of carbonyl (C=O) groups is 2. The first-order valence-electron chi connectivity index (χ1n) is 6.28. The summed E-state index contributed by atoms with van der Waals surface area (Å²) in [5.41, 5.74) is 1.53. The van der Waals surface area contributed by atoms with Gasteiger partial charge in [-0.15, -0.1) is 0 Å². The molecule has 0 radical (unpaired) electrons. The van der Waals surface area contributed by atoms with Crippen molar-refractivity contribution in [2.45, 2.75) is 46.7 Å². The third kappa shape index (κ3) is 3.19. The van der Waals surface area contributed by atoms with Crippen LogP contribution < -0.4 is 0 Å². The number of ketones is 1. The summed E-state index contributed by atoms with van der Waals surface area (Å²) < 4.78 is 0. The molecule has 0 bridgehead atoms. The summed E-state index contributed by atoms with van der Waals surface area (Å²) in [5, 5.41) is 0. The van der Waals surface area contributed by atoms with Gasteiger partial charge in [0, 0.05) is 17.6 Å². The first kappa shape index (κ1) is 14.4. The molecule has 0 saturated heterocycles. The standard InChI is InChI=1S/C15H21NO2/c1-10(2)16(11(3)4)15(18)14(17)13-8-6-12(5)7-9-13/h6-11H,1-5H3. The molecule has 1 rings (SSSR count). The summed E-state index contributed by atoms with van der Waals surface area (Å²) in [6, 6.07) is 7.13. The van der Waals surface area contributed by atoms with Crippen molar-refractivity contribution in [1.82, 2.24) is 4.90 Å². The number of hydrogen-bond acceptors (Lipinski definition) is 2. The summed E-state index contributed by atoms with van der Waals surface area (Å²) in [5.74, 6) is -0.860. The molecule has 0 fully saturated rings. The lowest BCUT2D eigenvalue weighted by molar-refractivity contribution is -0.129. The van der Waals surface area contributed by atoms with E-state index in [1.807, 2.05) is 46.8 Å². The minimum Gasteiger partial charge on any atom is -0.331 e. The average molecular weight is 247 g/mol. The molecule has 0 saturated carbocycles. The minimum atomic E-state index is -0.433. The van der Waals surface area contributed by atoms with Crippen LogP contribution in [0.4, 0.5) is 0 Å². The van der Waals surface area contributed by atoms with E-state index in [0.717, 1.165) is 5.56 Å². The summed E-state index contributed by atoms with van der Waals surface area (Å²) >= 11 is 0. The maximum atomic E-state index is 12.2. The van der Waals surface area contributed by atoms with Crippen LogP contribution in [0.2, 0.25) is 0 Å². The van der Waals surface area contributed by atoms with Crippen molar-refractivity contribution in [3.05, 3.63) is 35.4 Å². The Bertz CT molecular complexity index is 424. The molecule has 1 aromatic rings. The molecule has 0 aliphatic rings. The SMILES string of the molecule is Cc1ccc(C(=O)C(=O)N(C(C)C)C(C)C)cc1. The largest absolute Gasteiger partial charge is 0.331 e. The number of hydrogen-bond donors (Lipinski definition) is 0. The van der Waals surface area contributed by atoms with Gasteiger partial charge in [-0.3, -0.25) is 9.59 Å². The normalized spacial score (nSPS) is 10.8. The second kappa shape index (κ2) is 5.80. The fourth-order valence-corrected chi connectivity index (χ4v) is 2.01. The van der Waals surface area contributed by atoms with Crippen molar-refractivity contribution >= 4 is 11.7 Å². The van der Waals surface area contributed by atoms with E-state index in [1.54, 1.807) is 17.0 Å². The highest BCUT2D eigenvalue weighted by Crippen LogP contribution is 2.11. The van der Waals surface area contributed by atoms with Crippen LogP contribution in [0.5, 0.6) is 0 Å². The molecular formula is C15H21NO2. The highest BCUT2D eigenvalue weighted by atomic mass is 16.2. The summed E-state index contributed by atoms with van der Waals surface area (Å²) in [6.07, 6.45) is 0. The predicted octanol–water partition coefficient (Wildman–Crippen LogP) is 2.82. The summed E-state index contributed by atoms with van der Waals surface area (Å²) in [7, 11) is 0. The van der Waals surface area contributed by atoms with Gasteiger partial charge in [0.1, 0.15) is 0 Å². The van der Waals surface area contributed by atoms with Crippen molar-refractivity contribution in [3.8, 4) is 0 Å². The van der Waals surface area contributed by atoms with Gasteiger partial charge in [0.25, 0.3) is 5.91 Å². The van der Waals surface area contributed by atoms with Crippen molar-refractivity contribution in [1.29, 1.82) is 0 Å². The first-order chi connectivity index (χ1) is 8.34. The summed E-state index contributed by atoms with van der Waals surface area (Å²) in [6.45, 7) is 9.62. The molecule has 98 valence electrons. The predicted molar refractivity (Wildman–Crippen MR) is 72.6 cm³/mol. The Morgan fingerprint density at radius 3 is 1.78 bits per heavy atom. The van der Waals surface area contributed by atoms with Gasteiger partial charge < -0.3 is 4.90 Å². The smallest absolute Gasteiger partial charge is 0.295 e. The molecule has 0 aromatic heterocycles. The lowest BCUT2D eigenvalue weighted by Gasteiger charge is -2.30. The van der Waals surface area contributed by atoms with Crippen LogP contribution in [0.25, 0.3) is 0 Å². The monoisotopic (exact) mass is 247 g/mol. The third-order valence-corrected chi connectivity index (χ3v) is 2.86. The van der Waals surface area contributed by atoms with Gasteiger partial charge in [0.05, 0.1) is 0 Å². The molecule has 0 atom stereocenters. The molecule has 3 nitrogen and oxygen atoms in total. The van der Waals surface area contributed by atoms with E-state index in [9.17, 15) is 9.59 Å². The fourth-order valence-electron chi connectivity index (χ4n) is 2.01. The van der Waals surface area contributed by atoms with Crippen LogP contribution in [0.3, 0.4) is 0 Å². The van der Waals surface area contributed by atoms with E-state index in [4.69, 9.17) is 0 Å². The Morgan fingerprint density at radius 2 is 1.39 bits per heavy atom. The van der Waals surface area contributed by atoms with Crippen LogP contribution in [0.1, 0.15) is 43.6 Å². The van der Waals surface area contributed by atoms with E-state index < -0.39 is 11.7 Å². The van der Waals surface area contributed by atoms with E-state index in [0.29, 0.717) is 5.56 Å². The van der Waals surface area contributed by atoms with Gasteiger partial charge in [-0.25, -0.2) is 0 Å². The van der Waals surface area contributed by atoms with Gasteiger partial charge in [-0.2, -0.15) is 0 Å². The highest BCUT2D eigenvalue weighted by molar-refractivity contribution is 6.42. The number of benzene rings is 1. The Morgan fingerprint density at radius 1 is 0.944 bits per heavy atom. The minimum absolute atomic E-state index is 0.0203.